The molecule has 4 nitrogen and oxygen atoms in total. The minimum absolute atomic E-state index is 0.0206. The van der Waals surface area contributed by atoms with Gasteiger partial charge in [-0.15, -0.1) is 0 Å². The molecule has 17 heavy (non-hydrogen) atoms. The zero-order chi connectivity index (χ0) is 12.1. The van der Waals surface area contributed by atoms with Crippen molar-refractivity contribution in [2.45, 2.75) is 6.23 Å². The normalized spacial score (nSPS) is 12.1. The number of amides is 1. The highest BCUT2D eigenvalue weighted by Gasteiger charge is 2.05. The highest BCUT2D eigenvalue weighted by atomic mass is 16.5. The van der Waals surface area contributed by atoms with Gasteiger partial charge in [-0.25, -0.2) is 0 Å². The molecule has 0 spiro atoms. The minimum atomic E-state index is -0.994. The first kappa shape index (κ1) is 11.4. The predicted octanol–water partition coefficient (Wildman–Crippen LogP) is 1.28. The summed E-state index contributed by atoms with van der Waals surface area (Å²) in [6.45, 7) is 0.0206. The van der Waals surface area contributed by atoms with Gasteiger partial charge in [-0.2, -0.15) is 0 Å². The first-order valence-corrected chi connectivity index (χ1v) is 5.29. The Morgan fingerprint density at radius 1 is 1.24 bits per heavy atom. The number of hydrogen-bond acceptors (Lipinski definition) is 3. The highest BCUT2D eigenvalue weighted by molar-refractivity contribution is 5.88. The van der Waals surface area contributed by atoms with E-state index in [0.717, 1.165) is 10.8 Å². The second-order valence-electron chi connectivity index (χ2n) is 3.59. The molecule has 0 bridgehead atoms. The van der Waals surface area contributed by atoms with Crippen LogP contribution < -0.4 is 10.1 Å². The molecule has 2 N–H and O–H groups in total. The van der Waals surface area contributed by atoms with Crippen LogP contribution in [-0.2, 0) is 4.79 Å². The molecular formula is C13H13NO3. The van der Waals surface area contributed by atoms with E-state index in [2.05, 4.69) is 5.32 Å². The zero-order valence-corrected chi connectivity index (χ0v) is 9.17. The van der Waals surface area contributed by atoms with E-state index in [4.69, 9.17) is 4.74 Å². The smallest absolute Gasteiger partial charge is 0.209 e. The first-order valence-electron chi connectivity index (χ1n) is 5.29. The van der Waals surface area contributed by atoms with Crippen molar-refractivity contribution in [3.63, 3.8) is 0 Å². The van der Waals surface area contributed by atoms with Crippen LogP contribution in [0.25, 0.3) is 10.8 Å². The minimum Gasteiger partial charge on any atom is -0.488 e. The topological polar surface area (TPSA) is 58.6 Å². The van der Waals surface area contributed by atoms with Gasteiger partial charge in [0.25, 0.3) is 0 Å². The van der Waals surface area contributed by atoms with Crippen LogP contribution in [0.3, 0.4) is 0 Å². The lowest BCUT2D eigenvalue weighted by atomic mass is 10.1. The number of ether oxygens (including phenoxy) is 1. The van der Waals surface area contributed by atoms with Crippen molar-refractivity contribution in [2.24, 2.45) is 0 Å². The summed E-state index contributed by atoms with van der Waals surface area (Å²) in [5.74, 6) is 0.690. The van der Waals surface area contributed by atoms with Gasteiger partial charge in [-0.1, -0.05) is 36.4 Å². The standard InChI is InChI=1S/C13H13NO3/c15-9-14-13(16)8-17-12-7-3-5-10-4-1-2-6-11(10)12/h1-7,9,13,16H,8H2,(H,14,15). The molecule has 1 amide bonds. The third-order valence-electron chi connectivity index (χ3n) is 2.41. The van der Waals surface area contributed by atoms with Crippen LogP contribution in [0, 0.1) is 0 Å². The predicted molar refractivity (Wildman–Crippen MR) is 64.6 cm³/mol. The second-order valence-corrected chi connectivity index (χ2v) is 3.59. The number of carbonyl (C=O) groups is 1. The van der Waals surface area contributed by atoms with Crippen molar-refractivity contribution in [2.75, 3.05) is 6.61 Å². The fourth-order valence-electron chi connectivity index (χ4n) is 1.62. The van der Waals surface area contributed by atoms with E-state index in [-0.39, 0.29) is 6.61 Å². The Morgan fingerprint density at radius 3 is 2.82 bits per heavy atom. The van der Waals surface area contributed by atoms with Gasteiger partial charge in [0.15, 0.2) is 6.23 Å². The lowest BCUT2D eigenvalue weighted by molar-refractivity contribution is -0.112. The Morgan fingerprint density at radius 2 is 2.00 bits per heavy atom. The zero-order valence-electron chi connectivity index (χ0n) is 9.17. The monoisotopic (exact) mass is 231 g/mol. The summed E-state index contributed by atoms with van der Waals surface area (Å²) in [6, 6.07) is 13.5. The molecule has 2 rings (SSSR count). The van der Waals surface area contributed by atoms with E-state index < -0.39 is 6.23 Å². The van der Waals surface area contributed by atoms with Crippen molar-refractivity contribution in [3.05, 3.63) is 42.5 Å². The number of fused-ring (bicyclic) bond motifs is 1. The molecule has 1 atom stereocenters. The average Bonchev–Trinajstić information content (AvgIpc) is 2.36. The lowest BCUT2D eigenvalue weighted by Crippen LogP contribution is -2.33. The van der Waals surface area contributed by atoms with Gasteiger partial charge in [0, 0.05) is 5.39 Å². The Bertz CT molecular complexity index is 507. The van der Waals surface area contributed by atoms with Crippen LogP contribution in [0.15, 0.2) is 42.5 Å². The summed E-state index contributed by atoms with van der Waals surface area (Å²) in [6.07, 6.45) is -0.552. The molecule has 88 valence electrons. The van der Waals surface area contributed by atoms with Crippen molar-refractivity contribution >= 4 is 17.2 Å². The van der Waals surface area contributed by atoms with Gasteiger partial charge in [0.05, 0.1) is 0 Å². The molecule has 0 aromatic heterocycles. The number of carbonyl (C=O) groups excluding carboxylic acids is 1. The van der Waals surface area contributed by atoms with Crippen LogP contribution in [0.2, 0.25) is 0 Å². The quantitative estimate of drug-likeness (QED) is 0.602. The van der Waals surface area contributed by atoms with Crippen molar-refractivity contribution in [3.8, 4) is 5.75 Å². The molecule has 0 fully saturated rings. The van der Waals surface area contributed by atoms with Gasteiger partial charge in [0.1, 0.15) is 12.4 Å². The van der Waals surface area contributed by atoms with Crippen LogP contribution in [0.5, 0.6) is 5.75 Å². The summed E-state index contributed by atoms with van der Waals surface area (Å²) in [5, 5.41) is 13.6. The van der Waals surface area contributed by atoms with Crippen LogP contribution in [0.1, 0.15) is 0 Å². The lowest BCUT2D eigenvalue weighted by Gasteiger charge is -2.12. The third-order valence-corrected chi connectivity index (χ3v) is 2.41. The fourth-order valence-corrected chi connectivity index (χ4v) is 1.62. The Balaban J connectivity index is 2.15. The summed E-state index contributed by atoms with van der Waals surface area (Å²) in [7, 11) is 0. The number of hydrogen-bond donors (Lipinski definition) is 2. The molecular weight excluding hydrogens is 218 g/mol. The number of benzene rings is 2. The van der Waals surface area contributed by atoms with E-state index in [0.29, 0.717) is 12.2 Å². The van der Waals surface area contributed by atoms with Gasteiger partial charge in [0.2, 0.25) is 6.41 Å². The molecule has 0 saturated heterocycles. The van der Waals surface area contributed by atoms with E-state index >= 15 is 0 Å². The van der Waals surface area contributed by atoms with Crippen LogP contribution in [-0.4, -0.2) is 24.4 Å². The molecule has 0 aliphatic heterocycles. The molecule has 4 heteroatoms. The summed E-state index contributed by atoms with van der Waals surface area (Å²) >= 11 is 0. The van der Waals surface area contributed by atoms with Crippen LogP contribution in [0.4, 0.5) is 0 Å². The average molecular weight is 231 g/mol. The van der Waals surface area contributed by atoms with Crippen molar-refractivity contribution in [1.29, 1.82) is 0 Å². The van der Waals surface area contributed by atoms with Gasteiger partial charge >= 0.3 is 0 Å². The number of aliphatic hydroxyl groups is 1. The maximum absolute atomic E-state index is 10.1. The summed E-state index contributed by atoms with van der Waals surface area (Å²) in [4.78, 5) is 10.1. The Hall–Kier alpha value is -2.07. The molecule has 2 aromatic rings. The van der Waals surface area contributed by atoms with Gasteiger partial charge in [-0.05, 0) is 11.5 Å². The van der Waals surface area contributed by atoms with Gasteiger partial charge in [-0.3, -0.25) is 4.79 Å². The maximum Gasteiger partial charge on any atom is 0.209 e. The molecule has 1 unspecified atom stereocenters. The van der Waals surface area contributed by atoms with E-state index in [1.807, 2.05) is 42.5 Å². The van der Waals surface area contributed by atoms with Gasteiger partial charge < -0.3 is 15.2 Å². The Kier molecular flexibility index (Phi) is 3.57. The largest absolute Gasteiger partial charge is 0.488 e. The van der Waals surface area contributed by atoms with E-state index in [9.17, 15) is 9.90 Å². The van der Waals surface area contributed by atoms with Crippen molar-refractivity contribution in [1.82, 2.24) is 5.32 Å². The molecule has 0 aliphatic carbocycles. The highest BCUT2D eigenvalue weighted by Crippen LogP contribution is 2.24. The molecule has 0 saturated carbocycles. The fraction of sp³-hybridized carbons (Fsp3) is 0.154. The van der Waals surface area contributed by atoms with E-state index in [1.165, 1.54) is 0 Å². The van der Waals surface area contributed by atoms with E-state index in [1.54, 1.807) is 0 Å². The Labute approximate surface area is 98.8 Å². The number of aliphatic hydroxyl groups excluding tert-OH is 1. The molecule has 0 heterocycles. The molecule has 0 radical (unpaired) electrons. The second kappa shape index (κ2) is 5.32. The summed E-state index contributed by atoms with van der Waals surface area (Å²) in [5.41, 5.74) is 0. The molecule has 0 aliphatic rings. The van der Waals surface area contributed by atoms with Crippen molar-refractivity contribution < 1.29 is 14.6 Å². The first-order chi connectivity index (χ1) is 8.31. The summed E-state index contributed by atoms with van der Waals surface area (Å²) < 4.78 is 5.46. The molecule has 2 aromatic carbocycles. The van der Waals surface area contributed by atoms with Crippen LogP contribution >= 0.6 is 0 Å². The number of rotatable bonds is 5. The maximum atomic E-state index is 10.1. The number of nitrogens with one attached hydrogen (secondary N) is 1. The SMILES string of the molecule is O=CNC(O)COc1cccc2ccccc12. The third kappa shape index (κ3) is 2.73.